The molecule has 0 atom stereocenters. The van der Waals surface area contributed by atoms with Crippen LogP contribution >= 0.6 is 23.2 Å². The highest BCUT2D eigenvalue weighted by Gasteiger charge is 2.10. The fourth-order valence-corrected chi connectivity index (χ4v) is 2.39. The Kier molecular flexibility index (Phi) is 3.17. The topological polar surface area (TPSA) is 28.7 Å². The van der Waals surface area contributed by atoms with Crippen molar-refractivity contribution in [3.8, 4) is 0 Å². The maximum absolute atomic E-state index is 13.7. The first-order chi connectivity index (χ1) is 9.13. The van der Waals surface area contributed by atoms with Gasteiger partial charge in [0.1, 0.15) is 11.6 Å². The van der Waals surface area contributed by atoms with Crippen LogP contribution in [-0.2, 0) is 6.42 Å². The molecule has 0 radical (unpaired) electrons. The minimum atomic E-state index is -0.328. The van der Waals surface area contributed by atoms with E-state index < -0.39 is 0 Å². The van der Waals surface area contributed by atoms with Gasteiger partial charge in [-0.25, -0.2) is 9.37 Å². The Hall–Kier alpha value is -1.58. The summed E-state index contributed by atoms with van der Waals surface area (Å²) in [6, 6.07) is 10.0. The molecule has 5 heteroatoms. The molecule has 2 nitrogen and oxygen atoms in total. The molecule has 0 amide bonds. The SMILES string of the molecule is Fc1cccc(Cl)c1Cc1nc2ccc(Cl)cc2[nH]1. The van der Waals surface area contributed by atoms with Crippen molar-refractivity contribution in [3.05, 3.63) is 63.6 Å². The summed E-state index contributed by atoms with van der Waals surface area (Å²) >= 11 is 11.9. The molecule has 1 heterocycles. The van der Waals surface area contributed by atoms with Crippen molar-refractivity contribution in [2.75, 3.05) is 0 Å². The molecule has 0 aliphatic carbocycles. The van der Waals surface area contributed by atoms with E-state index in [1.54, 1.807) is 24.3 Å². The van der Waals surface area contributed by atoms with Gasteiger partial charge in [-0.15, -0.1) is 0 Å². The lowest BCUT2D eigenvalue weighted by Crippen LogP contribution is -1.95. The van der Waals surface area contributed by atoms with Crippen LogP contribution in [-0.4, -0.2) is 9.97 Å². The highest BCUT2D eigenvalue weighted by Crippen LogP contribution is 2.23. The molecular weight excluding hydrogens is 286 g/mol. The third kappa shape index (κ3) is 2.44. The summed E-state index contributed by atoms with van der Waals surface area (Å²) in [5.41, 5.74) is 2.07. The molecule has 1 N–H and O–H groups in total. The van der Waals surface area contributed by atoms with E-state index in [2.05, 4.69) is 9.97 Å². The second kappa shape index (κ2) is 4.83. The van der Waals surface area contributed by atoms with Crippen LogP contribution in [0.5, 0.6) is 0 Å². The molecule has 96 valence electrons. The number of nitrogens with zero attached hydrogens (tertiary/aromatic N) is 1. The van der Waals surface area contributed by atoms with E-state index in [1.165, 1.54) is 6.07 Å². The van der Waals surface area contributed by atoms with Crippen LogP contribution in [0.1, 0.15) is 11.4 Å². The van der Waals surface area contributed by atoms with Crippen molar-refractivity contribution in [1.82, 2.24) is 9.97 Å². The number of halogens is 3. The number of imidazole rings is 1. The molecule has 19 heavy (non-hydrogen) atoms. The Morgan fingerprint density at radius 2 is 2.00 bits per heavy atom. The van der Waals surface area contributed by atoms with Crippen molar-refractivity contribution in [3.63, 3.8) is 0 Å². The minimum Gasteiger partial charge on any atom is -0.342 e. The number of hydrogen-bond donors (Lipinski definition) is 1. The minimum absolute atomic E-state index is 0.317. The Bertz CT molecular complexity index is 732. The Morgan fingerprint density at radius 3 is 2.79 bits per heavy atom. The van der Waals surface area contributed by atoms with Crippen molar-refractivity contribution < 1.29 is 4.39 Å². The third-order valence-electron chi connectivity index (χ3n) is 2.90. The predicted octanol–water partition coefficient (Wildman–Crippen LogP) is 4.60. The first-order valence-corrected chi connectivity index (χ1v) is 6.46. The second-order valence-electron chi connectivity index (χ2n) is 4.22. The summed E-state index contributed by atoms with van der Waals surface area (Å²) in [6.45, 7) is 0. The van der Waals surface area contributed by atoms with E-state index in [4.69, 9.17) is 23.2 Å². The summed E-state index contributed by atoms with van der Waals surface area (Å²) in [5, 5.41) is 1.03. The molecule has 0 aliphatic rings. The smallest absolute Gasteiger partial charge is 0.128 e. The predicted molar refractivity (Wildman–Crippen MR) is 75.3 cm³/mol. The summed E-state index contributed by atoms with van der Waals surface area (Å²) in [7, 11) is 0. The monoisotopic (exact) mass is 294 g/mol. The average Bonchev–Trinajstić information content (AvgIpc) is 2.75. The molecule has 0 fully saturated rings. The normalized spacial score (nSPS) is 11.1. The number of rotatable bonds is 2. The average molecular weight is 295 g/mol. The first-order valence-electron chi connectivity index (χ1n) is 5.70. The molecule has 0 saturated heterocycles. The lowest BCUT2D eigenvalue weighted by Gasteiger charge is -2.03. The van der Waals surface area contributed by atoms with E-state index in [0.717, 1.165) is 11.0 Å². The van der Waals surface area contributed by atoms with Gasteiger partial charge in [0.25, 0.3) is 0 Å². The maximum Gasteiger partial charge on any atom is 0.128 e. The number of nitrogens with one attached hydrogen (secondary N) is 1. The summed E-state index contributed by atoms with van der Waals surface area (Å²) < 4.78 is 13.7. The number of aromatic amines is 1. The summed E-state index contributed by atoms with van der Waals surface area (Å²) in [5.74, 6) is 0.329. The number of H-pyrrole nitrogens is 1. The van der Waals surface area contributed by atoms with Crippen molar-refractivity contribution in [2.45, 2.75) is 6.42 Å². The van der Waals surface area contributed by atoms with Gasteiger partial charge in [0.2, 0.25) is 0 Å². The van der Waals surface area contributed by atoms with Gasteiger partial charge in [-0.3, -0.25) is 0 Å². The highest BCUT2D eigenvalue weighted by atomic mass is 35.5. The van der Waals surface area contributed by atoms with Gasteiger partial charge in [-0.05, 0) is 30.3 Å². The zero-order valence-corrected chi connectivity index (χ0v) is 11.3. The third-order valence-corrected chi connectivity index (χ3v) is 3.49. The largest absolute Gasteiger partial charge is 0.342 e. The number of hydrogen-bond acceptors (Lipinski definition) is 1. The van der Waals surface area contributed by atoms with E-state index in [1.807, 2.05) is 6.07 Å². The number of aromatic nitrogens is 2. The van der Waals surface area contributed by atoms with Crippen LogP contribution in [0.2, 0.25) is 10.0 Å². The molecule has 0 saturated carbocycles. The summed E-state index contributed by atoms with van der Waals surface area (Å²) in [6.07, 6.45) is 0.317. The molecule has 3 aromatic rings. The molecule has 0 unspecified atom stereocenters. The standard InChI is InChI=1S/C14H9Cl2FN2/c15-8-4-5-12-13(6-8)19-14(18-12)7-9-10(16)2-1-3-11(9)17/h1-6H,7H2,(H,18,19). The second-order valence-corrected chi connectivity index (χ2v) is 5.07. The van der Waals surface area contributed by atoms with Crippen LogP contribution in [0.25, 0.3) is 11.0 Å². The fraction of sp³-hybridized carbons (Fsp3) is 0.0714. The molecule has 1 aromatic heterocycles. The Morgan fingerprint density at radius 1 is 1.16 bits per heavy atom. The van der Waals surface area contributed by atoms with E-state index in [0.29, 0.717) is 27.9 Å². The quantitative estimate of drug-likeness (QED) is 0.735. The van der Waals surface area contributed by atoms with Crippen LogP contribution in [0.15, 0.2) is 36.4 Å². The van der Waals surface area contributed by atoms with Gasteiger partial charge in [-0.2, -0.15) is 0 Å². The molecule has 0 spiro atoms. The molecular formula is C14H9Cl2FN2. The van der Waals surface area contributed by atoms with Gasteiger partial charge in [0.15, 0.2) is 0 Å². The number of benzene rings is 2. The van der Waals surface area contributed by atoms with Gasteiger partial charge in [-0.1, -0.05) is 29.3 Å². The lowest BCUT2D eigenvalue weighted by atomic mass is 10.1. The van der Waals surface area contributed by atoms with Gasteiger partial charge in [0.05, 0.1) is 11.0 Å². The molecule has 3 rings (SSSR count). The lowest BCUT2D eigenvalue weighted by molar-refractivity contribution is 0.612. The van der Waals surface area contributed by atoms with Gasteiger partial charge >= 0.3 is 0 Å². The van der Waals surface area contributed by atoms with Crippen molar-refractivity contribution in [2.24, 2.45) is 0 Å². The molecule has 0 bridgehead atoms. The zero-order chi connectivity index (χ0) is 13.4. The van der Waals surface area contributed by atoms with Crippen LogP contribution in [0.4, 0.5) is 4.39 Å². The van der Waals surface area contributed by atoms with Gasteiger partial charge in [0, 0.05) is 22.0 Å². The van der Waals surface area contributed by atoms with Crippen LogP contribution in [0.3, 0.4) is 0 Å². The van der Waals surface area contributed by atoms with Crippen molar-refractivity contribution in [1.29, 1.82) is 0 Å². The first kappa shape index (κ1) is 12.5. The summed E-state index contributed by atoms with van der Waals surface area (Å²) in [4.78, 5) is 7.51. The Labute approximate surface area is 119 Å². The Balaban J connectivity index is 2.01. The van der Waals surface area contributed by atoms with E-state index >= 15 is 0 Å². The fourth-order valence-electron chi connectivity index (χ4n) is 1.99. The van der Waals surface area contributed by atoms with E-state index in [-0.39, 0.29) is 5.82 Å². The number of fused-ring (bicyclic) bond motifs is 1. The molecule has 0 aliphatic heterocycles. The maximum atomic E-state index is 13.7. The molecule has 2 aromatic carbocycles. The van der Waals surface area contributed by atoms with Crippen molar-refractivity contribution >= 4 is 34.2 Å². The van der Waals surface area contributed by atoms with Gasteiger partial charge < -0.3 is 4.98 Å². The van der Waals surface area contributed by atoms with Crippen LogP contribution in [0, 0.1) is 5.82 Å². The highest BCUT2D eigenvalue weighted by molar-refractivity contribution is 6.31. The van der Waals surface area contributed by atoms with E-state index in [9.17, 15) is 4.39 Å². The van der Waals surface area contributed by atoms with Crippen LogP contribution < -0.4 is 0 Å². The zero-order valence-electron chi connectivity index (χ0n) is 9.75.